The Kier molecular flexibility index (Phi) is 3.55. The van der Waals surface area contributed by atoms with Gasteiger partial charge in [-0.05, 0) is 18.2 Å². The molecule has 88 valence electrons. The largest absolute Gasteiger partial charge is 0.496 e. The minimum atomic E-state index is -0.0283. The summed E-state index contributed by atoms with van der Waals surface area (Å²) >= 11 is 0. The number of ether oxygens (including phenoxy) is 1. The van der Waals surface area contributed by atoms with Gasteiger partial charge in [-0.1, -0.05) is 18.2 Å². The first-order chi connectivity index (χ1) is 8.29. The fraction of sp³-hybridized carbons (Fsp3) is 0.231. The minimum Gasteiger partial charge on any atom is -0.496 e. The van der Waals surface area contributed by atoms with Gasteiger partial charge in [0.25, 0.3) is 0 Å². The maximum atomic E-state index is 10.9. The van der Waals surface area contributed by atoms with Crippen molar-refractivity contribution in [2.24, 2.45) is 5.10 Å². The van der Waals surface area contributed by atoms with E-state index in [1.165, 1.54) is 0 Å². The van der Waals surface area contributed by atoms with Crippen LogP contribution < -0.4 is 10.2 Å². The summed E-state index contributed by atoms with van der Waals surface area (Å²) in [6.45, 7) is 0. The third-order valence-electron chi connectivity index (χ3n) is 2.53. The maximum Gasteiger partial charge on any atom is 0.240 e. The first-order valence-corrected chi connectivity index (χ1v) is 5.46. The normalized spacial score (nSPS) is 15.6. The number of rotatable bonds is 3. The number of amides is 1. The predicted octanol–water partition coefficient (Wildman–Crippen LogP) is 1.97. The molecule has 4 heteroatoms. The highest BCUT2D eigenvalue weighted by atomic mass is 16.5. The molecule has 1 aromatic carbocycles. The summed E-state index contributed by atoms with van der Waals surface area (Å²) in [4.78, 5) is 10.9. The van der Waals surface area contributed by atoms with Gasteiger partial charge in [-0.25, -0.2) is 5.43 Å². The van der Waals surface area contributed by atoms with Crippen molar-refractivity contribution in [3.8, 4) is 5.75 Å². The smallest absolute Gasteiger partial charge is 0.240 e. The fourth-order valence-corrected chi connectivity index (χ4v) is 1.60. The number of carbonyl (C=O) groups is 1. The average Bonchev–Trinajstić information content (AvgIpc) is 2.38. The van der Waals surface area contributed by atoms with E-state index in [4.69, 9.17) is 4.74 Å². The second kappa shape index (κ2) is 5.30. The molecule has 0 saturated carbocycles. The topological polar surface area (TPSA) is 50.7 Å². The van der Waals surface area contributed by atoms with Gasteiger partial charge in [0.05, 0.1) is 12.8 Å². The fourth-order valence-electron chi connectivity index (χ4n) is 1.60. The van der Waals surface area contributed by atoms with Crippen LogP contribution >= 0.6 is 0 Å². The van der Waals surface area contributed by atoms with Gasteiger partial charge < -0.3 is 4.74 Å². The van der Waals surface area contributed by atoms with Crippen LogP contribution in [0.1, 0.15) is 18.4 Å². The molecule has 0 radical (unpaired) electrons. The number of methoxy groups -OCH3 is 1. The van der Waals surface area contributed by atoms with Crippen LogP contribution in [0.5, 0.6) is 5.75 Å². The molecule has 1 amide bonds. The van der Waals surface area contributed by atoms with E-state index in [2.05, 4.69) is 10.5 Å². The summed E-state index contributed by atoms with van der Waals surface area (Å²) in [6, 6.07) is 7.75. The second-order valence-electron chi connectivity index (χ2n) is 3.71. The van der Waals surface area contributed by atoms with Gasteiger partial charge in [0.1, 0.15) is 5.75 Å². The van der Waals surface area contributed by atoms with Crippen molar-refractivity contribution in [1.82, 2.24) is 5.43 Å². The van der Waals surface area contributed by atoms with E-state index < -0.39 is 0 Å². The van der Waals surface area contributed by atoms with E-state index in [-0.39, 0.29) is 5.91 Å². The van der Waals surface area contributed by atoms with Crippen molar-refractivity contribution in [2.45, 2.75) is 12.8 Å². The zero-order valence-electron chi connectivity index (χ0n) is 9.64. The molecule has 1 aliphatic heterocycles. The monoisotopic (exact) mass is 230 g/mol. The van der Waals surface area contributed by atoms with Crippen LogP contribution in [0.25, 0.3) is 6.08 Å². The second-order valence-corrected chi connectivity index (χ2v) is 3.71. The Hall–Kier alpha value is -2.10. The first kappa shape index (κ1) is 11.4. The predicted molar refractivity (Wildman–Crippen MR) is 66.8 cm³/mol. The zero-order chi connectivity index (χ0) is 12.1. The molecule has 1 aliphatic rings. The number of nitrogens with one attached hydrogen (secondary N) is 1. The number of allylic oxidation sites excluding steroid dienone is 1. The molecule has 1 heterocycles. The molecule has 0 spiro atoms. The SMILES string of the molecule is COc1ccccc1/C=C/C1=NNC(=O)CC1. The Morgan fingerprint density at radius 3 is 2.82 bits per heavy atom. The van der Waals surface area contributed by atoms with Crippen molar-refractivity contribution in [1.29, 1.82) is 0 Å². The summed E-state index contributed by atoms with van der Waals surface area (Å²) < 4.78 is 5.24. The summed E-state index contributed by atoms with van der Waals surface area (Å²) in [5, 5.41) is 3.97. The molecule has 0 fully saturated rings. The molecule has 0 aromatic heterocycles. The van der Waals surface area contributed by atoms with Gasteiger partial charge >= 0.3 is 0 Å². The lowest BCUT2D eigenvalue weighted by Crippen LogP contribution is -2.24. The average molecular weight is 230 g/mol. The molecule has 1 N–H and O–H groups in total. The number of hydrogen-bond acceptors (Lipinski definition) is 3. The molecule has 0 bridgehead atoms. The lowest BCUT2D eigenvalue weighted by molar-refractivity contribution is -0.121. The molecular formula is C13H14N2O2. The highest BCUT2D eigenvalue weighted by molar-refractivity contribution is 6.02. The first-order valence-electron chi connectivity index (χ1n) is 5.46. The number of para-hydroxylation sites is 1. The van der Waals surface area contributed by atoms with Crippen molar-refractivity contribution >= 4 is 17.7 Å². The van der Waals surface area contributed by atoms with E-state index in [1.54, 1.807) is 7.11 Å². The molecular weight excluding hydrogens is 216 g/mol. The van der Waals surface area contributed by atoms with Gasteiger partial charge in [0.2, 0.25) is 5.91 Å². The van der Waals surface area contributed by atoms with Crippen LogP contribution in [0.3, 0.4) is 0 Å². The summed E-state index contributed by atoms with van der Waals surface area (Å²) in [6.07, 6.45) is 5.01. The van der Waals surface area contributed by atoms with Crippen molar-refractivity contribution in [3.05, 3.63) is 35.9 Å². The molecule has 0 aliphatic carbocycles. The molecule has 0 saturated heterocycles. The Morgan fingerprint density at radius 1 is 1.29 bits per heavy atom. The Balaban J connectivity index is 2.12. The molecule has 0 atom stereocenters. The third-order valence-corrected chi connectivity index (χ3v) is 2.53. The van der Waals surface area contributed by atoms with Gasteiger partial charge in [0.15, 0.2) is 0 Å². The van der Waals surface area contributed by atoms with Crippen LogP contribution in [-0.2, 0) is 4.79 Å². The quantitative estimate of drug-likeness (QED) is 0.863. The van der Waals surface area contributed by atoms with Crippen LogP contribution in [0.4, 0.5) is 0 Å². The van der Waals surface area contributed by atoms with Crippen molar-refractivity contribution in [3.63, 3.8) is 0 Å². The third kappa shape index (κ3) is 2.93. The lowest BCUT2D eigenvalue weighted by atomic mass is 10.1. The van der Waals surface area contributed by atoms with Gasteiger partial charge in [-0.15, -0.1) is 0 Å². The van der Waals surface area contributed by atoms with E-state index >= 15 is 0 Å². The van der Waals surface area contributed by atoms with Gasteiger partial charge in [-0.3, -0.25) is 4.79 Å². The highest BCUT2D eigenvalue weighted by Gasteiger charge is 2.08. The van der Waals surface area contributed by atoms with E-state index in [1.807, 2.05) is 36.4 Å². The van der Waals surface area contributed by atoms with Gasteiger partial charge in [0, 0.05) is 18.4 Å². The molecule has 4 nitrogen and oxygen atoms in total. The number of hydrogen-bond donors (Lipinski definition) is 1. The Bertz CT molecular complexity index is 478. The number of carbonyl (C=O) groups excluding carboxylic acids is 1. The number of nitrogens with zero attached hydrogens (tertiary/aromatic N) is 1. The Morgan fingerprint density at radius 2 is 2.12 bits per heavy atom. The summed E-state index contributed by atoms with van der Waals surface area (Å²) in [7, 11) is 1.64. The summed E-state index contributed by atoms with van der Waals surface area (Å²) in [5.41, 5.74) is 4.33. The van der Waals surface area contributed by atoms with E-state index in [0.29, 0.717) is 12.8 Å². The van der Waals surface area contributed by atoms with Crippen LogP contribution in [-0.4, -0.2) is 18.7 Å². The number of benzene rings is 1. The van der Waals surface area contributed by atoms with E-state index in [0.717, 1.165) is 17.0 Å². The van der Waals surface area contributed by atoms with E-state index in [9.17, 15) is 4.79 Å². The maximum absolute atomic E-state index is 10.9. The summed E-state index contributed by atoms with van der Waals surface area (Å²) in [5.74, 6) is 0.795. The van der Waals surface area contributed by atoms with Crippen molar-refractivity contribution < 1.29 is 9.53 Å². The van der Waals surface area contributed by atoms with Crippen LogP contribution in [0.2, 0.25) is 0 Å². The molecule has 2 rings (SSSR count). The minimum absolute atomic E-state index is 0.0283. The van der Waals surface area contributed by atoms with Gasteiger partial charge in [-0.2, -0.15) is 5.10 Å². The molecule has 0 unspecified atom stereocenters. The van der Waals surface area contributed by atoms with Crippen molar-refractivity contribution in [2.75, 3.05) is 7.11 Å². The standard InChI is InChI=1S/C13H14N2O2/c1-17-12-5-3-2-4-10(12)6-7-11-8-9-13(16)15-14-11/h2-7H,8-9H2,1H3,(H,15,16)/b7-6+. The molecule has 17 heavy (non-hydrogen) atoms. The van der Waals surface area contributed by atoms with Crippen LogP contribution in [0.15, 0.2) is 35.4 Å². The van der Waals surface area contributed by atoms with Crippen LogP contribution in [0, 0.1) is 0 Å². The highest BCUT2D eigenvalue weighted by Crippen LogP contribution is 2.19. The lowest BCUT2D eigenvalue weighted by Gasteiger charge is -2.08. The Labute approximate surface area is 100.0 Å². The molecule has 1 aromatic rings. The number of hydrazone groups is 1. The zero-order valence-corrected chi connectivity index (χ0v) is 9.64.